The molecule has 1 aromatic carbocycles. The Balaban J connectivity index is 2.56. The summed E-state index contributed by atoms with van der Waals surface area (Å²) in [5, 5.41) is 15.2. The number of hydrogen-bond acceptors (Lipinski definition) is 2. The molecule has 4 heteroatoms. The number of aryl methyl sites for hydroxylation is 1. The van der Waals surface area contributed by atoms with Crippen LogP contribution >= 0.6 is 15.9 Å². The molecule has 3 nitrogen and oxygen atoms in total. The van der Waals surface area contributed by atoms with Crippen LogP contribution in [0, 0.1) is 6.92 Å². The summed E-state index contributed by atoms with van der Waals surface area (Å²) >= 11 is 3.54. The lowest BCUT2D eigenvalue weighted by molar-refractivity contribution is 0.0591. The fourth-order valence-electron chi connectivity index (χ4n) is 1.81. The summed E-state index contributed by atoms with van der Waals surface area (Å²) in [5.74, 6) is 0. The smallest absolute Gasteiger partial charge is 0.0825 e. The van der Waals surface area contributed by atoms with Gasteiger partial charge < -0.3 is 5.11 Å². The maximum atomic E-state index is 9.82. The van der Waals surface area contributed by atoms with E-state index in [2.05, 4.69) is 40.1 Å². The second-order valence-corrected chi connectivity index (χ2v) is 5.65. The van der Waals surface area contributed by atoms with E-state index in [0.717, 1.165) is 15.4 Å². The molecule has 86 valence electrons. The maximum absolute atomic E-state index is 9.82. The Morgan fingerprint density at radius 2 is 2.12 bits per heavy atom. The van der Waals surface area contributed by atoms with Crippen LogP contribution in [0.15, 0.2) is 22.8 Å². The number of halogens is 1. The lowest BCUT2D eigenvalue weighted by Crippen LogP contribution is -2.26. The summed E-state index contributed by atoms with van der Waals surface area (Å²) in [7, 11) is 0. The van der Waals surface area contributed by atoms with Crippen molar-refractivity contribution in [2.45, 2.75) is 32.9 Å². The second kappa shape index (κ2) is 3.86. The van der Waals surface area contributed by atoms with Gasteiger partial charge in [-0.05, 0) is 54.4 Å². The summed E-state index contributed by atoms with van der Waals surface area (Å²) in [5.41, 5.74) is 1.47. The Bertz CT molecular complexity index is 526. The standard InChI is InChI=1S/C12H15BrN2O/c1-8-4-9-6-14-15(7-12(2,3)16)11(9)10(13)5-8/h4-6,16H,7H2,1-3H3. The Morgan fingerprint density at radius 1 is 1.44 bits per heavy atom. The lowest BCUT2D eigenvalue weighted by Gasteiger charge is -2.17. The molecule has 1 aromatic heterocycles. The molecule has 2 rings (SSSR count). The predicted molar refractivity (Wildman–Crippen MR) is 68.5 cm³/mol. The Morgan fingerprint density at radius 3 is 2.75 bits per heavy atom. The van der Waals surface area contributed by atoms with Gasteiger partial charge in [-0.25, -0.2) is 0 Å². The zero-order valence-corrected chi connectivity index (χ0v) is 11.2. The first kappa shape index (κ1) is 11.6. The molecule has 0 aliphatic carbocycles. The largest absolute Gasteiger partial charge is 0.389 e. The van der Waals surface area contributed by atoms with Crippen LogP contribution in [0.2, 0.25) is 0 Å². The molecule has 0 atom stereocenters. The van der Waals surface area contributed by atoms with Gasteiger partial charge in [0.05, 0.1) is 23.9 Å². The van der Waals surface area contributed by atoms with Crippen LogP contribution in [0.3, 0.4) is 0 Å². The topological polar surface area (TPSA) is 38.0 Å². The van der Waals surface area contributed by atoms with Crippen LogP contribution in [0.25, 0.3) is 10.9 Å². The molecule has 0 saturated heterocycles. The highest BCUT2D eigenvalue weighted by Crippen LogP contribution is 2.26. The number of aliphatic hydroxyl groups is 1. The van der Waals surface area contributed by atoms with E-state index in [1.807, 2.05) is 10.9 Å². The van der Waals surface area contributed by atoms with Crippen LogP contribution < -0.4 is 0 Å². The molecule has 1 N–H and O–H groups in total. The molecule has 0 radical (unpaired) electrons. The van der Waals surface area contributed by atoms with E-state index in [1.54, 1.807) is 13.8 Å². The quantitative estimate of drug-likeness (QED) is 0.920. The average molecular weight is 283 g/mol. The number of rotatable bonds is 2. The minimum atomic E-state index is -0.761. The lowest BCUT2D eigenvalue weighted by atomic mass is 10.1. The van der Waals surface area contributed by atoms with Crippen molar-refractivity contribution in [3.05, 3.63) is 28.4 Å². The van der Waals surface area contributed by atoms with Crippen LogP contribution in [0.4, 0.5) is 0 Å². The van der Waals surface area contributed by atoms with Crippen molar-refractivity contribution in [3.63, 3.8) is 0 Å². The van der Waals surface area contributed by atoms with E-state index in [1.165, 1.54) is 5.56 Å². The van der Waals surface area contributed by atoms with Crippen LogP contribution in [0.5, 0.6) is 0 Å². The Kier molecular flexibility index (Phi) is 2.80. The zero-order chi connectivity index (χ0) is 11.9. The number of benzene rings is 1. The van der Waals surface area contributed by atoms with Gasteiger partial charge in [-0.1, -0.05) is 0 Å². The summed E-state index contributed by atoms with van der Waals surface area (Å²) in [6, 6.07) is 4.15. The van der Waals surface area contributed by atoms with Crippen molar-refractivity contribution < 1.29 is 5.11 Å². The first-order chi connectivity index (χ1) is 7.37. The average Bonchev–Trinajstić information content (AvgIpc) is 2.44. The highest BCUT2D eigenvalue weighted by molar-refractivity contribution is 9.10. The Hall–Kier alpha value is -0.870. The molecule has 0 bridgehead atoms. The van der Waals surface area contributed by atoms with Crippen molar-refractivity contribution in [1.82, 2.24) is 9.78 Å². The minimum absolute atomic E-state index is 0.484. The van der Waals surface area contributed by atoms with Gasteiger partial charge in [0.2, 0.25) is 0 Å². The van der Waals surface area contributed by atoms with E-state index in [9.17, 15) is 5.11 Å². The SMILES string of the molecule is Cc1cc(Br)c2c(cnn2CC(C)(C)O)c1. The molecule has 1 heterocycles. The third kappa shape index (κ3) is 2.28. The van der Waals surface area contributed by atoms with Crippen molar-refractivity contribution in [2.75, 3.05) is 0 Å². The molecule has 0 spiro atoms. The highest BCUT2D eigenvalue weighted by Gasteiger charge is 2.16. The number of fused-ring (bicyclic) bond motifs is 1. The molecule has 16 heavy (non-hydrogen) atoms. The van der Waals surface area contributed by atoms with E-state index in [4.69, 9.17) is 0 Å². The normalized spacial score (nSPS) is 12.3. The molecular formula is C12H15BrN2O. The molecule has 0 amide bonds. The zero-order valence-electron chi connectivity index (χ0n) is 9.66. The maximum Gasteiger partial charge on any atom is 0.0825 e. The van der Waals surface area contributed by atoms with E-state index in [-0.39, 0.29) is 0 Å². The van der Waals surface area contributed by atoms with E-state index in [0.29, 0.717) is 6.54 Å². The first-order valence-electron chi connectivity index (χ1n) is 5.21. The molecule has 0 unspecified atom stereocenters. The summed E-state index contributed by atoms with van der Waals surface area (Å²) < 4.78 is 2.85. The summed E-state index contributed by atoms with van der Waals surface area (Å²) in [6.45, 7) is 6.10. The van der Waals surface area contributed by atoms with Crippen molar-refractivity contribution >= 4 is 26.8 Å². The Labute approximate surface area is 103 Å². The third-order valence-electron chi connectivity index (χ3n) is 2.37. The van der Waals surface area contributed by atoms with Crippen LogP contribution in [0.1, 0.15) is 19.4 Å². The van der Waals surface area contributed by atoms with Crippen molar-refractivity contribution in [2.24, 2.45) is 0 Å². The monoisotopic (exact) mass is 282 g/mol. The van der Waals surface area contributed by atoms with Crippen LogP contribution in [-0.4, -0.2) is 20.5 Å². The first-order valence-corrected chi connectivity index (χ1v) is 6.00. The van der Waals surface area contributed by atoms with Gasteiger partial charge >= 0.3 is 0 Å². The van der Waals surface area contributed by atoms with Gasteiger partial charge in [-0.3, -0.25) is 4.68 Å². The summed E-state index contributed by atoms with van der Waals surface area (Å²) in [6.07, 6.45) is 1.83. The van der Waals surface area contributed by atoms with Gasteiger partial charge in [0.1, 0.15) is 0 Å². The molecule has 2 aromatic rings. The summed E-state index contributed by atoms with van der Waals surface area (Å²) in [4.78, 5) is 0. The van der Waals surface area contributed by atoms with Crippen molar-refractivity contribution in [3.8, 4) is 0 Å². The van der Waals surface area contributed by atoms with Gasteiger partial charge in [-0.2, -0.15) is 5.10 Å². The fourth-order valence-corrected chi connectivity index (χ4v) is 2.60. The molecule has 0 saturated carbocycles. The fraction of sp³-hybridized carbons (Fsp3) is 0.417. The van der Waals surface area contributed by atoms with Gasteiger partial charge in [0.25, 0.3) is 0 Å². The minimum Gasteiger partial charge on any atom is -0.389 e. The molecule has 0 aliphatic rings. The van der Waals surface area contributed by atoms with Gasteiger partial charge in [0.15, 0.2) is 0 Å². The molecular weight excluding hydrogens is 268 g/mol. The number of hydrogen-bond donors (Lipinski definition) is 1. The van der Waals surface area contributed by atoms with Crippen LogP contribution in [-0.2, 0) is 6.54 Å². The van der Waals surface area contributed by atoms with Gasteiger partial charge in [-0.15, -0.1) is 0 Å². The number of aromatic nitrogens is 2. The van der Waals surface area contributed by atoms with Gasteiger partial charge in [0, 0.05) is 9.86 Å². The second-order valence-electron chi connectivity index (χ2n) is 4.80. The molecule has 0 fully saturated rings. The molecule has 0 aliphatic heterocycles. The highest BCUT2D eigenvalue weighted by atomic mass is 79.9. The third-order valence-corrected chi connectivity index (χ3v) is 2.97. The number of nitrogens with zero attached hydrogens (tertiary/aromatic N) is 2. The van der Waals surface area contributed by atoms with E-state index >= 15 is 0 Å². The van der Waals surface area contributed by atoms with E-state index < -0.39 is 5.60 Å². The predicted octanol–water partition coefficient (Wildman–Crippen LogP) is 2.88. The van der Waals surface area contributed by atoms with Crippen molar-refractivity contribution in [1.29, 1.82) is 0 Å².